The third kappa shape index (κ3) is 4.09. The summed E-state index contributed by atoms with van der Waals surface area (Å²) in [6, 6.07) is 9.63. The minimum absolute atomic E-state index is 0.209. The third-order valence-corrected chi connectivity index (χ3v) is 4.30. The highest BCUT2D eigenvalue weighted by Gasteiger charge is 2.14. The third-order valence-electron chi connectivity index (χ3n) is 3.74. The number of nitrogens with one attached hydrogen (secondary N) is 2. The smallest absolute Gasteiger partial charge is 0.248 e. The molecule has 0 amide bonds. The van der Waals surface area contributed by atoms with Crippen molar-refractivity contribution in [1.29, 1.82) is 0 Å². The van der Waals surface area contributed by atoms with Crippen molar-refractivity contribution in [3.63, 3.8) is 0 Å². The summed E-state index contributed by atoms with van der Waals surface area (Å²) in [5.74, 6) is 1.29. The minimum Gasteiger partial charge on any atom is -0.454 e. The standard InChI is InChI=1S/C17H13ClFN5O2S/c18-13-5-11(19)2-1-10(13)7-24-8-20-16(23-24)22-17(27)21-12-3-4-14-15(6-12)26-9-25-14/h1-6,8H,7,9H2,(H2,21,22,23,27). The van der Waals surface area contributed by atoms with E-state index < -0.39 is 0 Å². The zero-order valence-corrected chi connectivity index (χ0v) is 15.4. The Labute approximate surface area is 164 Å². The SMILES string of the molecule is Fc1ccc(Cn2cnc(NC(=S)Nc3ccc4c(c3)OCO4)n2)c(Cl)c1. The summed E-state index contributed by atoms with van der Waals surface area (Å²) >= 11 is 11.3. The van der Waals surface area contributed by atoms with Gasteiger partial charge in [0.2, 0.25) is 12.7 Å². The van der Waals surface area contributed by atoms with Crippen LogP contribution in [0.15, 0.2) is 42.7 Å². The molecule has 2 N–H and O–H groups in total. The van der Waals surface area contributed by atoms with Gasteiger partial charge in [-0.05, 0) is 42.0 Å². The van der Waals surface area contributed by atoms with Crippen molar-refractivity contribution in [1.82, 2.24) is 14.8 Å². The second-order valence-electron chi connectivity index (χ2n) is 5.65. The van der Waals surface area contributed by atoms with Crippen molar-refractivity contribution >= 4 is 40.6 Å². The van der Waals surface area contributed by atoms with E-state index in [0.29, 0.717) is 34.1 Å². The number of halogens is 2. The number of anilines is 2. The molecule has 0 radical (unpaired) electrons. The number of rotatable bonds is 4. The van der Waals surface area contributed by atoms with Gasteiger partial charge in [0.1, 0.15) is 12.1 Å². The molecule has 1 aromatic heterocycles. The van der Waals surface area contributed by atoms with Crippen LogP contribution >= 0.6 is 23.8 Å². The van der Waals surface area contributed by atoms with Crippen LogP contribution in [0, 0.1) is 5.82 Å². The van der Waals surface area contributed by atoms with Gasteiger partial charge in [-0.1, -0.05) is 17.7 Å². The lowest BCUT2D eigenvalue weighted by Crippen LogP contribution is -2.20. The fourth-order valence-corrected chi connectivity index (χ4v) is 2.93. The van der Waals surface area contributed by atoms with Gasteiger partial charge in [0.15, 0.2) is 16.6 Å². The average molecular weight is 406 g/mol. The molecule has 10 heteroatoms. The van der Waals surface area contributed by atoms with Gasteiger partial charge in [0.05, 0.1) is 6.54 Å². The molecule has 1 aliphatic heterocycles. The highest BCUT2D eigenvalue weighted by Crippen LogP contribution is 2.34. The van der Waals surface area contributed by atoms with Gasteiger partial charge >= 0.3 is 0 Å². The van der Waals surface area contributed by atoms with Crippen molar-refractivity contribution < 1.29 is 13.9 Å². The van der Waals surface area contributed by atoms with Crippen LogP contribution in [0.2, 0.25) is 5.02 Å². The van der Waals surface area contributed by atoms with E-state index in [9.17, 15) is 4.39 Å². The maximum atomic E-state index is 13.1. The average Bonchev–Trinajstić information content (AvgIpc) is 3.26. The molecule has 0 spiro atoms. The number of ether oxygens (including phenoxy) is 2. The summed E-state index contributed by atoms with van der Waals surface area (Å²) in [4.78, 5) is 4.15. The van der Waals surface area contributed by atoms with Crippen LogP contribution in [0.5, 0.6) is 11.5 Å². The van der Waals surface area contributed by atoms with Crippen molar-refractivity contribution in [3.8, 4) is 11.5 Å². The molecule has 7 nitrogen and oxygen atoms in total. The van der Waals surface area contributed by atoms with Gasteiger partial charge in [-0.15, -0.1) is 5.10 Å². The largest absolute Gasteiger partial charge is 0.454 e. The molecule has 0 aliphatic carbocycles. The van der Waals surface area contributed by atoms with Crippen LogP contribution in [0.4, 0.5) is 16.0 Å². The highest BCUT2D eigenvalue weighted by molar-refractivity contribution is 7.80. The second-order valence-corrected chi connectivity index (χ2v) is 6.46. The molecule has 0 fully saturated rings. The van der Waals surface area contributed by atoms with Crippen LogP contribution in [-0.4, -0.2) is 26.7 Å². The van der Waals surface area contributed by atoms with Crippen LogP contribution in [0.1, 0.15) is 5.56 Å². The van der Waals surface area contributed by atoms with Crippen LogP contribution in [0.25, 0.3) is 0 Å². The maximum absolute atomic E-state index is 13.1. The molecule has 0 saturated carbocycles. The molecule has 1 aliphatic rings. The number of hydrogen-bond donors (Lipinski definition) is 2. The van der Waals surface area contributed by atoms with E-state index in [1.165, 1.54) is 18.5 Å². The first-order valence-corrected chi connectivity index (χ1v) is 8.66. The molecule has 2 heterocycles. The van der Waals surface area contributed by atoms with Crippen LogP contribution in [-0.2, 0) is 6.54 Å². The Morgan fingerprint density at radius 1 is 1.19 bits per heavy atom. The lowest BCUT2D eigenvalue weighted by molar-refractivity contribution is 0.174. The van der Waals surface area contributed by atoms with Crippen molar-refractivity contribution in [2.75, 3.05) is 17.4 Å². The number of benzene rings is 2. The Morgan fingerprint density at radius 3 is 2.89 bits per heavy atom. The van der Waals surface area contributed by atoms with E-state index in [1.54, 1.807) is 22.9 Å². The van der Waals surface area contributed by atoms with E-state index in [0.717, 1.165) is 11.3 Å². The van der Waals surface area contributed by atoms with Gasteiger partial charge in [-0.3, -0.25) is 5.32 Å². The normalized spacial score (nSPS) is 12.1. The fraction of sp³-hybridized carbons (Fsp3) is 0.118. The molecular weight excluding hydrogens is 393 g/mol. The number of thiocarbonyl (C=S) groups is 1. The first kappa shape index (κ1) is 17.5. The monoisotopic (exact) mass is 405 g/mol. The molecule has 0 bridgehead atoms. The van der Waals surface area contributed by atoms with E-state index in [4.69, 9.17) is 33.3 Å². The van der Waals surface area contributed by atoms with E-state index in [-0.39, 0.29) is 12.6 Å². The fourth-order valence-electron chi connectivity index (χ4n) is 2.49. The van der Waals surface area contributed by atoms with Crippen molar-refractivity contribution in [2.45, 2.75) is 6.54 Å². The molecule has 0 unspecified atom stereocenters. The molecule has 2 aromatic carbocycles. The van der Waals surface area contributed by atoms with Gasteiger partial charge in [-0.25, -0.2) is 14.1 Å². The van der Waals surface area contributed by atoms with Gasteiger partial charge in [0, 0.05) is 16.8 Å². The predicted molar refractivity (Wildman–Crippen MR) is 103 cm³/mol. The summed E-state index contributed by atoms with van der Waals surface area (Å²) in [6.45, 7) is 0.567. The molecular formula is C17H13ClFN5O2S. The molecule has 0 atom stereocenters. The Balaban J connectivity index is 1.38. The van der Waals surface area contributed by atoms with E-state index in [1.807, 2.05) is 6.07 Å². The van der Waals surface area contributed by atoms with E-state index >= 15 is 0 Å². The Hall–Kier alpha value is -2.91. The zero-order valence-electron chi connectivity index (χ0n) is 13.8. The summed E-state index contributed by atoms with van der Waals surface area (Å²) in [5.41, 5.74) is 1.48. The Morgan fingerprint density at radius 2 is 2.04 bits per heavy atom. The molecule has 3 aromatic rings. The molecule has 0 saturated heterocycles. The van der Waals surface area contributed by atoms with Gasteiger partial charge in [0.25, 0.3) is 0 Å². The number of hydrogen-bond acceptors (Lipinski definition) is 5. The zero-order chi connectivity index (χ0) is 18.8. The number of fused-ring (bicyclic) bond motifs is 1. The predicted octanol–water partition coefficient (Wildman–Crippen LogP) is 3.66. The topological polar surface area (TPSA) is 73.2 Å². The van der Waals surface area contributed by atoms with Crippen LogP contribution in [0.3, 0.4) is 0 Å². The summed E-state index contributed by atoms with van der Waals surface area (Å²) in [6.07, 6.45) is 1.53. The minimum atomic E-state index is -0.385. The quantitative estimate of drug-likeness (QED) is 0.642. The van der Waals surface area contributed by atoms with E-state index in [2.05, 4.69) is 20.7 Å². The van der Waals surface area contributed by atoms with Crippen molar-refractivity contribution in [3.05, 3.63) is 59.1 Å². The Bertz CT molecular complexity index is 1010. The van der Waals surface area contributed by atoms with Gasteiger partial charge in [-0.2, -0.15) is 0 Å². The lowest BCUT2D eigenvalue weighted by Gasteiger charge is -2.08. The first-order chi connectivity index (χ1) is 13.1. The Kier molecular flexibility index (Phi) is 4.78. The van der Waals surface area contributed by atoms with Crippen LogP contribution < -0.4 is 20.1 Å². The summed E-state index contributed by atoms with van der Waals surface area (Å²) in [7, 11) is 0. The lowest BCUT2D eigenvalue weighted by atomic mass is 10.2. The molecule has 27 heavy (non-hydrogen) atoms. The number of aromatic nitrogens is 3. The molecule has 4 rings (SSSR count). The molecule has 138 valence electrons. The highest BCUT2D eigenvalue weighted by atomic mass is 35.5. The summed E-state index contributed by atoms with van der Waals surface area (Å²) in [5, 5.41) is 10.9. The van der Waals surface area contributed by atoms with Crippen molar-refractivity contribution in [2.24, 2.45) is 0 Å². The second kappa shape index (κ2) is 7.37. The maximum Gasteiger partial charge on any atom is 0.248 e. The first-order valence-electron chi connectivity index (χ1n) is 7.88. The number of nitrogens with zero attached hydrogens (tertiary/aromatic N) is 3. The summed E-state index contributed by atoms with van der Waals surface area (Å²) < 4.78 is 25.3. The van der Waals surface area contributed by atoms with Gasteiger partial charge < -0.3 is 14.8 Å².